The summed E-state index contributed by atoms with van der Waals surface area (Å²) in [5.74, 6) is 0.566. The molecule has 1 aromatic rings. The average molecular weight is 254 g/mol. The smallest absolute Gasteiger partial charge is 0.258 e. The molecule has 1 saturated carbocycles. The minimum absolute atomic E-state index is 0.0524. The number of hydrogen-bond donors (Lipinski definition) is 1. The molecule has 0 unspecified atom stereocenters. The van der Waals surface area contributed by atoms with E-state index < -0.39 is 0 Å². The van der Waals surface area contributed by atoms with Gasteiger partial charge in [-0.15, -0.1) is 0 Å². The van der Waals surface area contributed by atoms with E-state index in [1.54, 1.807) is 24.3 Å². The summed E-state index contributed by atoms with van der Waals surface area (Å²) in [6.45, 7) is 0.0524. The first-order valence-electron chi connectivity index (χ1n) is 5.92. The van der Waals surface area contributed by atoms with Gasteiger partial charge in [-0.3, -0.25) is 4.79 Å². The van der Waals surface area contributed by atoms with E-state index in [4.69, 9.17) is 16.3 Å². The van der Waals surface area contributed by atoms with Crippen molar-refractivity contribution < 1.29 is 9.53 Å². The Balaban J connectivity index is 1.75. The van der Waals surface area contributed by atoms with E-state index in [2.05, 4.69) is 5.32 Å². The number of nitrogens with one attached hydrogen (secondary N) is 1. The maximum atomic E-state index is 11.6. The highest BCUT2D eigenvalue weighted by Crippen LogP contribution is 2.18. The predicted octanol–water partition coefficient (Wildman–Crippen LogP) is 2.78. The van der Waals surface area contributed by atoms with Gasteiger partial charge in [-0.25, -0.2) is 0 Å². The van der Waals surface area contributed by atoms with E-state index in [9.17, 15) is 4.79 Å². The molecule has 92 valence electrons. The van der Waals surface area contributed by atoms with Gasteiger partial charge in [0.2, 0.25) is 0 Å². The van der Waals surface area contributed by atoms with Crippen LogP contribution in [0.4, 0.5) is 0 Å². The summed E-state index contributed by atoms with van der Waals surface area (Å²) >= 11 is 5.82. The molecule has 1 aliphatic rings. The number of carbonyl (C=O) groups excluding carboxylic acids is 1. The molecule has 0 radical (unpaired) electrons. The van der Waals surface area contributed by atoms with E-state index in [1.807, 2.05) is 0 Å². The summed E-state index contributed by atoms with van der Waals surface area (Å²) in [6.07, 6.45) is 4.59. The lowest BCUT2D eigenvalue weighted by Crippen LogP contribution is -2.36. The average Bonchev–Trinajstić information content (AvgIpc) is 2.79. The van der Waals surface area contributed by atoms with E-state index >= 15 is 0 Å². The first kappa shape index (κ1) is 12.2. The van der Waals surface area contributed by atoms with Crippen molar-refractivity contribution in [1.82, 2.24) is 5.32 Å². The Bertz CT molecular complexity index is 389. The van der Waals surface area contributed by atoms with Crippen molar-refractivity contribution in [2.75, 3.05) is 6.61 Å². The molecule has 17 heavy (non-hydrogen) atoms. The SMILES string of the molecule is O=C(COc1cccc(Cl)c1)NC1CCCC1. The lowest BCUT2D eigenvalue weighted by atomic mass is 10.2. The zero-order valence-corrected chi connectivity index (χ0v) is 10.4. The lowest BCUT2D eigenvalue weighted by molar-refractivity contribution is -0.123. The molecule has 0 aromatic heterocycles. The first-order valence-corrected chi connectivity index (χ1v) is 6.29. The molecule has 0 atom stereocenters. The second-order valence-corrected chi connectivity index (χ2v) is 4.73. The first-order chi connectivity index (χ1) is 8.24. The fraction of sp³-hybridized carbons (Fsp3) is 0.462. The molecule has 3 nitrogen and oxygen atoms in total. The molecule has 0 aliphatic heterocycles. The van der Waals surface area contributed by atoms with Crippen LogP contribution in [0, 0.1) is 0 Å². The highest BCUT2D eigenvalue weighted by atomic mass is 35.5. The molecule has 0 saturated heterocycles. The third-order valence-corrected chi connectivity index (χ3v) is 3.12. The standard InChI is InChI=1S/C13H16ClNO2/c14-10-4-3-7-12(8-10)17-9-13(16)15-11-5-1-2-6-11/h3-4,7-8,11H,1-2,5-6,9H2,(H,15,16). The van der Waals surface area contributed by atoms with Crippen molar-refractivity contribution in [3.63, 3.8) is 0 Å². The number of ether oxygens (including phenoxy) is 1. The van der Waals surface area contributed by atoms with Crippen LogP contribution in [-0.2, 0) is 4.79 Å². The monoisotopic (exact) mass is 253 g/mol. The number of benzene rings is 1. The van der Waals surface area contributed by atoms with Gasteiger partial charge in [0, 0.05) is 11.1 Å². The zero-order chi connectivity index (χ0) is 12.1. The minimum atomic E-state index is -0.0584. The fourth-order valence-corrected chi connectivity index (χ4v) is 2.23. The van der Waals surface area contributed by atoms with Crippen molar-refractivity contribution >= 4 is 17.5 Å². The molecule has 4 heteroatoms. The molecule has 1 aromatic carbocycles. The van der Waals surface area contributed by atoms with Crippen LogP contribution in [-0.4, -0.2) is 18.6 Å². The van der Waals surface area contributed by atoms with Crippen LogP contribution in [0.5, 0.6) is 5.75 Å². The molecule has 0 spiro atoms. The van der Waals surface area contributed by atoms with Gasteiger partial charge in [0.05, 0.1) is 0 Å². The van der Waals surface area contributed by atoms with Gasteiger partial charge in [-0.1, -0.05) is 30.5 Å². The quantitative estimate of drug-likeness (QED) is 0.896. The number of carbonyl (C=O) groups is 1. The van der Waals surface area contributed by atoms with Gasteiger partial charge >= 0.3 is 0 Å². The normalized spacial score (nSPS) is 15.8. The Morgan fingerprint density at radius 2 is 2.18 bits per heavy atom. The maximum absolute atomic E-state index is 11.6. The summed E-state index contributed by atoms with van der Waals surface area (Å²) in [5, 5.41) is 3.58. The third-order valence-electron chi connectivity index (χ3n) is 2.89. The van der Waals surface area contributed by atoms with E-state index in [0.29, 0.717) is 16.8 Å². The van der Waals surface area contributed by atoms with Crippen molar-refractivity contribution in [2.45, 2.75) is 31.7 Å². The van der Waals surface area contributed by atoms with E-state index in [0.717, 1.165) is 12.8 Å². The van der Waals surface area contributed by atoms with Crippen LogP contribution >= 0.6 is 11.6 Å². The van der Waals surface area contributed by atoms with Gasteiger partial charge in [-0.05, 0) is 31.0 Å². The third kappa shape index (κ3) is 3.93. The molecule has 0 bridgehead atoms. The molecule has 1 fully saturated rings. The van der Waals surface area contributed by atoms with E-state index in [-0.39, 0.29) is 12.5 Å². The summed E-state index contributed by atoms with van der Waals surface area (Å²) in [7, 11) is 0. The molecule has 1 aliphatic carbocycles. The second kappa shape index (κ2) is 5.92. The van der Waals surface area contributed by atoms with Crippen molar-refractivity contribution in [3.05, 3.63) is 29.3 Å². The maximum Gasteiger partial charge on any atom is 0.258 e. The lowest BCUT2D eigenvalue weighted by Gasteiger charge is -2.12. The van der Waals surface area contributed by atoms with Crippen LogP contribution in [0.2, 0.25) is 5.02 Å². The number of amides is 1. The Morgan fingerprint density at radius 1 is 1.41 bits per heavy atom. The summed E-state index contributed by atoms with van der Waals surface area (Å²) in [4.78, 5) is 11.6. The van der Waals surface area contributed by atoms with Crippen molar-refractivity contribution in [2.24, 2.45) is 0 Å². The van der Waals surface area contributed by atoms with Crippen molar-refractivity contribution in [3.8, 4) is 5.75 Å². The van der Waals surface area contributed by atoms with Crippen LogP contribution in [0.1, 0.15) is 25.7 Å². The largest absolute Gasteiger partial charge is 0.484 e. The molecular weight excluding hydrogens is 238 g/mol. The van der Waals surface area contributed by atoms with Gasteiger partial charge in [-0.2, -0.15) is 0 Å². The van der Waals surface area contributed by atoms with E-state index in [1.165, 1.54) is 12.8 Å². The summed E-state index contributed by atoms with van der Waals surface area (Å²) in [5.41, 5.74) is 0. The Hall–Kier alpha value is -1.22. The predicted molar refractivity (Wildman–Crippen MR) is 67.3 cm³/mol. The zero-order valence-electron chi connectivity index (χ0n) is 9.62. The van der Waals surface area contributed by atoms with Gasteiger partial charge in [0.1, 0.15) is 5.75 Å². The highest BCUT2D eigenvalue weighted by Gasteiger charge is 2.17. The van der Waals surface area contributed by atoms with Gasteiger partial charge in [0.25, 0.3) is 5.91 Å². The van der Waals surface area contributed by atoms with Gasteiger partial charge in [0.15, 0.2) is 6.61 Å². The van der Waals surface area contributed by atoms with Crippen LogP contribution in [0.15, 0.2) is 24.3 Å². The van der Waals surface area contributed by atoms with Gasteiger partial charge < -0.3 is 10.1 Å². The minimum Gasteiger partial charge on any atom is -0.484 e. The highest BCUT2D eigenvalue weighted by molar-refractivity contribution is 6.30. The van der Waals surface area contributed by atoms with Crippen LogP contribution in [0.3, 0.4) is 0 Å². The summed E-state index contributed by atoms with van der Waals surface area (Å²) < 4.78 is 5.36. The molecule has 2 rings (SSSR count). The van der Waals surface area contributed by atoms with Crippen LogP contribution < -0.4 is 10.1 Å². The molecule has 1 amide bonds. The topological polar surface area (TPSA) is 38.3 Å². The Morgan fingerprint density at radius 3 is 2.88 bits per heavy atom. The number of hydrogen-bond acceptors (Lipinski definition) is 2. The molecule has 0 heterocycles. The molecular formula is C13H16ClNO2. The van der Waals surface area contributed by atoms with Crippen LogP contribution in [0.25, 0.3) is 0 Å². The fourth-order valence-electron chi connectivity index (χ4n) is 2.05. The molecule has 1 N–H and O–H groups in total. The van der Waals surface area contributed by atoms with Crippen molar-refractivity contribution in [1.29, 1.82) is 0 Å². The second-order valence-electron chi connectivity index (χ2n) is 4.29. The Kier molecular flexibility index (Phi) is 4.26. The Labute approximate surface area is 106 Å². The summed E-state index contributed by atoms with van der Waals surface area (Å²) in [6, 6.07) is 7.39. The number of rotatable bonds is 4. The number of halogens is 1.